The highest BCUT2D eigenvalue weighted by molar-refractivity contribution is 5.93. The lowest BCUT2D eigenvalue weighted by Gasteiger charge is -2.26. The summed E-state index contributed by atoms with van der Waals surface area (Å²) in [7, 11) is 3.84. The minimum atomic E-state index is -0.452. The number of rotatable bonds is 6. The van der Waals surface area contributed by atoms with Gasteiger partial charge in [-0.3, -0.25) is 9.69 Å². The van der Waals surface area contributed by atoms with Crippen molar-refractivity contribution in [3.8, 4) is 11.1 Å². The summed E-state index contributed by atoms with van der Waals surface area (Å²) in [5, 5.41) is 0. The van der Waals surface area contributed by atoms with Crippen LogP contribution < -0.4 is 10.6 Å². The summed E-state index contributed by atoms with van der Waals surface area (Å²) in [6.45, 7) is 1.68. The highest BCUT2D eigenvalue weighted by atomic mass is 19.1. The van der Waals surface area contributed by atoms with Gasteiger partial charge in [0, 0.05) is 38.0 Å². The number of nitrogens with two attached hydrogens (primary N) is 1. The van der Waals surface area contributed by atoms with Gasteiger partial charge in [-0.15, -0.1) is 0 Å². The standard InChI is InChI=1S/C24H26FN5O/c1-29(2)24-27-14-20(17-7-9-18(10-8-17)23(26)31)22(28-24)21-4-3-13-30(21)15-16-5-11-19(25)12-6-16/h5-12,14,21H,3-4,13,15H2,1-2H3,(H2,26,31)/t21-/m0/s1. The molecular weight excluding hydrogens is 393 g/mol. The number of nitrogens with zero attached hydrogens (tertiary/aromatic N) is 4. The van der Waals surface area contributed by atoms with E-state index in [1.165, 1.54) is 12.1 Å². The molecule has 1 saturated heterocycles. The van der Waals surface area contributed by atoms with Crippen molar-refractivity contribution < 1.29 is 9.18 Å². The van der Waals surface area contributed by atoms with Crippen LogP contribution in [0.15, 0.2) is 54.7 Å². The number of halogens is 1. The molecule has 2 heterocycles. The second-order valence-corrected chi connectivity index (χ2v) is 8.06. The van der Waals surface area contributed by atoms with Gasteiger partial charge in [-0.05, 0) is 54.8 Å². The molecular formula is C24H26FN5O. The summed E-state index contributed by atoms with van der Waals surface area (Å²) in [6.07, 6.45) is 3.90. The number of benzene rings is 2. The molecule has 160 valence electrons. The topological polar surface area (TPSA) is 75.4 Å². The summed E-state index contributed by atoms with van der Waals surface area (Å²) < 4.78 is 13.3. The zero-order valence-corrected chi connectivity index (χ0v) is 17.8. The van der Waals surface area contributed by atoms with Gasteiger partial charge in [-0.2, -0.15) is 0 Å². The van der Waals surface area contributed by atoms with E-state index in [2.05, 4.69) is 9.88 Å². The fraction of sp³-hybridized carbons (Fsp3) is 0.292. The van der Waals surface area contributed by atoms with E-state index in [0.29, 0.717) is 11.5 Å². The fourth-order valence-corrected chi connectivity index (χ4v) is 4.04. The molecule has 0 spiro atoms. The summed E-state index contributed by atoms with van der Waals surface area (Å²) in [4.78, 5) is 25.2. The fourth-order valence-electron chi connectivity index (χ4n) is 4.04. The minimum absolute atomic E-state index is 0.123. The summed E-state index contributed by atoms with van der Waals surface area (Å²) in [5.74, 6) is -0.0248. The van der Waals surface area contributed by atoms with Crippen molar-refractivity contribution in [3.63, 3.8) is 0 Å². The number of primary amides is 1. The Hall–Kier alpha value is -3.32. The lowest BCUT2D eigenvalue weighted by atomic mass is 9.98. The van der Waals surface area contributed by atoms with E-state index in [1.807, 2.05) is 49.5 Å². The Bertz CT molecular complexity index is 1070. The van der Waals surface area contributed by atoms with Crippen LogP contribution in [-0.2, 0) is 6.54 Å². The molecule has 1 aromatic heterocycles. The number of hydrogen-bond donors (Lipinski definition) is 1. The Kier molecular flexibility index (Phi) is 5.95. The Labute approximate surface area is 181 Å². The molecule has 1 fully saturated rings. The van der Waals surface area contributed by atoms with Gasteiger partial charge < -0.3 is 10.6 Å². The van der Waals surface area contributed by atoms with E-state index in [9.17, 15) is 9.18 Å². The zero-order valence-electron chi connectivity index (χ0n) is 17.8. The molecule has 0 aliphatic carbocycles. The Morgan fingerprint density at radius 3 is 2.52 bits per heavy atom. The SMILES string of the molecule is CN(C)c1ncc(-c2ccc(C(N)=O)cc2)c([C@@H]2CCCN2Cc2ccc(F)cc2)n1. The van der Waals surface area contributed by atoms with Gasteiger partial charge >= 0.3 is 0 Å². The highest BCUT2D eigenvalue weighted by Crippen LogP contribution is 2.38. The lowest BCUT2D eigenvalue weighted by molar-refractivity contribution is 0.100. The molecule has 6 nitrogen and oxygen atoms in total. The van der Waals surface area contributed by atoms with Gasteiger partial charge in [-0.25, -0.2) is 14.4 Å². The number of hydrogen-bond acceptors (Lipinski definition) is 5. The maximum absolute atomic E-state index is 13.3. The predicted molar refractivity (Wildman–Crippen MR) is 119 cm³/mol. The van der Waals surface area contributed by atoms with Gasteiger partial charge in [0.2, 0.25) is 11.9 Å². The van der Waals surface area contributed by atoms with Gasteiger partial charge in [-0.1, -0.05) is 24.3 Å². The van der Waals surface area contributed by atoms with Crippen LogP contribution in [0.25, 0.3) is 11.1 Å². The van der Waals surface area contributed by atoms with Crippen LogP contribution in [0.4, 0.5) is 10.3 Å². The molecule has 1 aliphatic rings. The molecule has 1 amide bonds. The van der Waals surface area contributed by atoms with Crippen molar-refractivity contribution in [3.05, 3.63) is 77.4 Å². The van der Waals surface area contributed by atoms with Gasteiger partial charge in [0.05, 0.1) is 11.7 Å². The number of carbonyl (C=O) groups is 1. The third-order valence-electron chi connectivity index (χ3n) is 5.66. The molecule has 0 bridgehead atoms. The molecule has 31 heavy (non-hydrogen) atoms. The van der Waals surface area contributed by atoms with Crippen LogP contribution in [0, 0.1) is 5.82 Å². The van der Waals surface area contributed by atoms with E-state index in [1.54, 1.807) is 12.1 Å². The van der Waals surface area contributed by atoms with Crippen molar-refractivity contribution in [2.45, 2.75) is 25.4 Å². The van der Waals surface area contributed by atoms with Gasteiger partial charge in [0.1, 0.15) is 5.82 Å². The Balaban J connectivity index is 1.71. The number of carbonyl (C=O) groups excluding carboxylic acids is 1. The normalized spacial score (nSPS) is 16.4. The maximum atomic E-state index is 13.3. The van der Waals surface area contributed by atoms with Crippen LogP contribution in [0.5, 0.6) is 0 Å². The number of anilines is 1. The van der Waals surface area contributed by atoms with E-state index in [4.69, 9.17) is 10.7 Å². The van der Waals surface area contributed by atoms with Crippen LogP contribution in [0.1, 0.15) is 40.5 Å². The van der Waals surface area contributed by atoms with Crippen LogP contribution in [-0.4, -0.2) is 41.4 Å². The van der Waals surface area contributed by atoms with Gasteiger partial charge in [0.15, 0.2) is 0 Å². The summed E-state index contributed by atoms with van der Waals surface area (Å²) in [5.41, 5.74) is 9.77. The van der Waals surface area contributed by atoms with Crippen molar-refractivity contribution in [1.29, 1.82) is 0 Å². The van der Waals surface area contributed by atoms with E-state index in [-0.39, 0.29) is 11.9 Å². The van der Waals surface area contributed by atoms with Crippen LogP contribution in [0.3, 0.4) is 0 Å². The average molecular weight is 420 g/mol. The average Bonchev–Trinajstić information content (AvgIpc) is 3.23. The first-order chi connectivity index (χ1) is 14.9. The summed E-state index contributed by atoms with van der Waals surface area (Å²) >= 11 is 0. The number of aromatic nitrogens is 2. The quantitative estimate of drug-likeness (QED) is 0.658. The predicted octanol–water partition coefficient (Wildman–Crippen LogP) is 3.78. The van der Waals surface area contributed by atoms with Crippen molar-refractivity contribution in [2.24, 2.45) is 5.73 Å². The molecule has 1 atom stereocenters. The Morgan fingerprint density at radius 1 is 1.16 bits per heavy atom. The van der Waals surface area contributed by atoms with Crippen molar-refractivity contribution in [2.75, 3.05) is 25.5 Å². The number of amides is 1. The molecule has 0 unspecified atom stereocenters. The molecule has 2 aromatic carbocycles. The third-order valence-corrected chi connectivity index (χ3v) is 5.66. The molecule has 0 radical (unpaired) electrons. The van der Waals surface area contributed by atoms with Crippen LogP contribution >= 0.6 is 0 Å². The minimum Gasteiger partial charge on any atom is -0.366 e. The first-order valence-electron chi connectivity index (χ1n) is 10.4. The highest BCUT2D eigenvalue weighted by Gasteiger charge is 2.30. The number of likely N-dealkylation sites (tertiary alicyclic amines) is 1. The lowest BCUT2D eigenvalue weighted by Crippen LogP contribution is -2.25. The second kappa shape index (κ2) is 8.81. The van der Waals surface area contributed by atoms with Crippen LogP contribution in [0.2, 0.25) is 0 Å². The Morgan fingerprint density at radius 2 is 1.87 bits per heavy atom. The van der Waals surface area contributed by atoms with E-state index >= 15 is 0 Å². The first-order valence-corrected chi connectivity index (χ1v) is 10.4. The molecule has 4 rings (SSSR count). The van der Waals surface area contributed by atoms with E-state index in [0.717, 1.165) is 48.3 Å². The molecule has 2 N–H and O–H groups in total. The largest absolute Gasteiger partial charge is 0.366 e. The van der Waals surface area contributed by atoms with Crippen molar-refractivity contribution in [1.82, 2.24) is 14.9 Å². The monoisotopic (exact) mass is 419 g/mol. The smallest absolute Gasteiger partial charge is 0.248 e. The maximum Gasteiger partial charge on any atom is 0.248 e. The molecule has 0 saturated carbocycles. The molecule has 7 heteroatoms. The molecule has 3 aromatic rings. The second-order valence-electron chi connectivity index (χ2n) is 8.06. The van der Waals surface area contributed by atoms with Crippen molar-refractivity contribution >= 4 is 11.9 Å². The molecule has 1 aliphatic heterocycles. The van der Waals surface area contributed by atoms with E-state index < -0.39 is 5.91 Å². The first kappa shape index (κ1) is 20.9. The third kappa shape index (κ3) is 4.56. The zero-order chi connectivity index (χ0) is 22.0. The van der Waals surface area contributed by atoms with Gasteiger partial charge in [0.25, 0.3) is 0 Å². The summed E-state index contributed by atoms with van der Waals surface area (Å²) in [6, 6.07) is 14.0.